The number of hydrogen-bond donors (Lipinski definition) is 2. The van der Waals surface area contributed by atoms with Crippen LogP contribution < -0.4 is 15.5 Å². The first-order chi connectivity index (χ1) is 16.2. The SMILES string of the molecule is CC[C@@H](CO)NC(=O)[C@@H]1C=C2c3cccc4c3c(cn4C)C[C@H]2N(C)C1.O=C([O-])/C=C\C(=O)[O-]. The van der Waals surface area contributed by atoms with Crippen molar-refractivity contribution < 1.29 is 29.7 Å². The number of rotatable bonds is 6. The molecule has 0 saturated heterocycles. The Kier molecular flexibility index (Phi) is 7.90. The van der Waals surface area contributed by atoms with Gasteiger partial charge in [0.25, 0.3) is 0 Å². The predicted molar refractivity (Wildman–Crippen MR) is 123 cm³/mol. The number of carboxylic acid groups (broad SMARTS) is 2. The Balaban J connectivity index is 0.000000350. The molecule has 0 bridgehead atoms. The monoisotopic (exact) mass is 467 g/mol. The molecule has 9 nitrogen and oxygen atoms in total. The summed E-state index contributed by atoms with van der Waals surface area (Å²) in [6.07, 6.45) is 6.89. The summed E-state index contributed by atoms with van der Waals surface area (Å²) in [5.74, 6) is -3.27. The van der Waals surface area contributed by atoms with E-state index in [2.05, 4.69) is 59.4 Å². The maximum absolute atomic E-state index is 12.7. The van der Waals surface area contributed by atoms with Crippen molar-refractivity contribution in [3.8, 4) is 0 Å². The van der Waals surface area contributed by atoms with Gasteiger partial charge in [-0.3, -0.25) is 9.69 Å². The van der Waals surface area contributed by atoms with Crippen molar-refractivity contribution in [2.75, 3.05) is 20.2 Å². The molecule has 1 aromatic carbocycles. The second kappa shape index (κ2) is 10.7. The van der Waals surface area contributed by atoms with Gasteiger partial charge in [-0.15, -0.1) is 0 Å². The standard InChI is InChI=1S/C21H27N3O2.C4H4O4/c1-4-15(12-25)22-21(26)14-8-17-16-6-5-7-18-20(16)13(10-23(18)2)9-19(17)24(3)11-14;5-3(6)1-2-4(7)8/h5-8,10,14-15,19,25H,4,9,11-12H2,1-3H3,(H,22,26);1-2H,(H,5,6)(H,7,8)/p-2/b;2-1-/t14-,15+,19-;/m1./s1. The number of aromatic nitrogens is 1. The number of carboxylic acids is 2. The maximum atomic E-state index is 12.7. The van der Waals surface area contributed by atoms with Crippen LogP contribution in [0.5, 0.6) is 0 Å². The molecule has 2 aromatic rings. The lowest BCUT2D eigenvalue weighted by Crippen LogP contribution is -2.48. The number of carbonyl (C=O) groups excluding carboxylic acids is 3. The molecule has 9 heteroatoms. The highest BCUT2D eigenvalue weighted by Gasteiger charge is 2.36. The molecular weight excluding hydrogens is 438 g/mol. The van der Waals surface area contributed by atoms with Gasteiger partial charge in [-0.25, -0.2) is 0 Å². The van der Waals surface area contributed by atoms with Gasteiger partial charge in [-0.2, -0.15) is 0 Å². The molecule has 4 rings (SSSR count). The van der Waals surface area contributed by atoms with E-state index < -0.39 is 11.9 Å². The number of nitrogens with zero attached hydrogens (tertiary/aromatic N) is 2. The fourth-order valence-corrected chi connectivity index (χ4v) is 4.61. The number of aliphatic hydroxyl groups excluding tert-OH is 1. The number of aryl methyl sites for hydroxylation is 1. The van der Waals surface area contributed by atoms with Gasteiger partial charge in [-0.05, 0) is 54.8 Å². The smallest absolute Gasteiger partial charge is 0.228 e. The zero-order valence-corrected chi connectivity index (χ0v) is 19.5. The van der Waals surface area contributed by atoms with Crippen LogP contribution in [0.25, 0.3) is 16.5 Å². The number of fused-ring (bicyclic) bond motifs is 2. The quantitative estimate of drug-likeness (QED) is 0.519. The van der Waals surface area contributed by atoms with Crippen LogP contribution in [-0.2, 0) is 27.9 Å². The summed E-state index contributed by atoms with van der Waals surface area (Å²) in [6.45, 7) is 2.66. The molecule has 0 saturated carbocycles. The molecule has 1 amide bonds. The minimum Gasteiger partial charge on any atom is -0.545 e. The van der Waals surface area contributed by atoms with Crippen LogP contribution >= 0.6 is 0 Å². The fourth-order valence-electron chi connectivity index (χ4n) is 4.61. The molecule has 2 aliphatic rings. The van der Waals surface area contributed by atoms with Crippen molar-refractivity contribution >= 4 is 34.3 Å². The highest BCUT2D eigenvalue weighted by atomic mass is 16.4. The number of benzene rings is 1. The number of carbonyl (C=O) groups is 3. The summed E-state index contributed by atoms with van der Waals surface area (Å²) in [7, 11) is 4.20. The van der Waals surface area contributed by atoms with Crippen LogP contribution in [0.4, 0.5) is 0 Å². The summed E-state index contributed by atoms with van der Waals surface area (Å²) < 4.78 is 2.20. The zero-order valence-electron chi connectivity index (χ0n) is 19.5. The maximum Gasteiger partial charge on any atom is 0.228 e. The van der Waals surface area contributed by atoms with Crippen LogP contribution in [0.15, 0.2) is 42.6 Å². The van der Waals surface area contributed by atoms with E-state index in [1.54, 1.807) is 0 Å². The van der Waals surface area contributed by atoms with Gasteiger partial charge in [0.1, 0.15) is 0 Å². The second-order valence-electron chi connectivity index (χ2n) is 8.62. The third kappa shape index (κ3) is 5.37. The summed E-state index contributed by atoms with van der Waals surface area (Å²) in [5, 5.41) is 32.5. The van der Waals surface area contributed by atoms with Crippen molar-refractivity contribution in [2.45, 2.75) is 31.8 Å². The summed E-state index contributed by atoms with van der Waals surface area (Å²) in [6, 6.07) is 6.60. The number of likely N-dealkylation sites (N-methyl/N-ethyl adjacent to an activating group) is 1. The molecule has 182 valence electrons. The minimum atomic E-state index is -1.55. The average Bonchev–Trinajstić information content (AvgIpc) is 3.13. The molecule has 0 fully saturated rings. The Morgan fingerprint density at radius 2 is 1.88 bits per heavy atom. The minimum absolute atomic E-state index is 0.00901. The highest BCUT2D eigenvalue weighted by Crippen LogP contribution is 2.41. The molecule has 34 heavy (non-hydrogen) atoms. The molecular formula is C25H29N3O6-2. The zero-order chi connectivity index (χ0) is 25.0. The number of aliphatic carboxylic acids is 2. The predicted octanol–water partition coefficient (Wildman–Crippen LogP) is -1.02. The van der Waals surface area contributed by atoms with Crippen LogP contribution in [0.3, 0.4) is 0 Å². The number of amides is 1. The third-order valence-corrected chi connectivity index (χ3v) is 6.33. The van der Waals surface area contributed by atoms with E-state index in [4.69, 9.17) is 0 Å². The van der Waals surface area contributed by atoms with Gasteiger partial charge in [0.15, 0.2) is 0 Å². The van der Waals surface area contributed by atoms with E-state index in [0.717, 1.165) is 12.8 Å². The van der Waals surface area contributed by atoms with Crippen molar-refractivity contribution in [1.29, 1.82) is 0 Å². The Labute approximate surface area is 198 Å². The molecule has 2 N–H and O–H groups in total. The van der Waals surface area contributed by atoms with E-state index in [1.807, 2.05) is 6.92 Å². The topological polar surface area (TPSA) is 138 Å². The van der Waals surface area contributed by atoms with Crippen LogP contribution in [0, 0.1) is 5.92 Å². The van der Waals surface area contributed by atoms with E-state index in [1.165, 1.54) is 27.6 Å². The van der Waals surface area contributed by atoms with Crippen molar-refractivity contribution in [1.82, 2.24) is 14.8 Å². The van der Waals surface area contributed by atoms with Gasteiger partial charge < -0.3 is 34.8 Å². The van der Waals surface area contributed by atoms with E-state index in [9.17, 15) is 29.7 Å². The lowest BCUT2D eigenvalue weighted by Gasteiger charge is -2.39. The van der Waals surface area contributed by atoms with Crippen molar-refractivity contribution in [3.05, 3.63) is 53.8 Å². The largest absolute Gasteiger partial charge is 0.545 e. The highest BCUT2D eigenvalue weighted by molar-refractivity contribution is 5.99. The van der Waals surface area contributed by atoms with Gasteiger partial charge in [0.2, 0.25) is 5.91 Å². The first kappa shape index (κ1) is 25.2. The molecule has 0 radical (unpaired) electrons. The van der Waals surface area contributed by atoms with Gasteiger partial charge in [0, 0.05) is 36.7 Å². The fraction of sp³-hybridized carbons (Fsp3) is 0.400. The number of hydrogen-bond acceptors (Lipinski definition) is 7. The average molecular weight is 468 g/mol. The molecule has 1 aliphatic heterocycles. The third-order valence-electron chi connectivity index (χ3n) is 6.33. The lowest BCUT2D eigenvalue weighted by molar-refractivity contribution is -0.301. The summed E-state index contributed by atoms with van der Waals surface area (Å²) in [5.41, 5.74) is 5.16. The molecule has 3 atom stereocenters. The summed E-state index contributed by atoms with van der Waals surface area (Å²) in [4.78, 5) is 33.9. The number of aliphatic hydroxyl groups is 1. The first-order valence-electron chi connectivity index (χ1n) is 11.2. The Morgan fingerprint density at radius 1 is 1.21 bits per heavy atom. The molecule has 0 spiro atoms. The van der Waals surface area contributed by atoms with Crippen LogP contribution in [0.2, 0.25) is 0 Å². The van der Waals surface area contributed by atoms with E-state index in [0.29, 0.717) is 24.7 Å². The normalized spacial score (nSPS) is 20.2. The van der Waals surface area contributed by atoms with Crippen LogP contribution in [0.1, 0.15) is 24.5 Å². The molecule has 2 heterocycles. The van der Waals surface area contributed by atoms with Gasteiger partial charge in [0.05, 0.1) is 30.5 Å². The van der Waals surface area contributed by atoms with Crippen molar-refractivity contribution in [3.63, 3.8) is 0 Å². The molecule has 1 aliphatic carbocycles. The van der Waals surface area contributed by atoms with E-state index >= 15 is 0 Å². The Morgan fingerprint density at radius 3 is 2.47 bits per heavy atom. The van der Waals surface area contributed by atoms with Gasteiger partial charge in [-0.1, -0.05) is 25.1 Å². The number of nitrogens with one attached hydrogen (secondary N) is 1. The van der Waals surface area contributed by atoms with Gasteiger partial charge >= 0.3 is 0 Å². The summed E-state index contributed by atoms with van der Waals surface area (Å²) >= 11 is 0. The Hall–Kier alpha value is -3.43. The molecule has 1 aromatic heterocycles. The Bertz CT molecular complexity index is 1130. The second-order valence-corrected chi connectivity index (χ2v) is 8.62. The first-order valence-corrected chi connectivity index (χ1v) is 11.2. The van der Waals surface area contributed by atoms with Crippen molar-refractivity contribution in [2.24, 2.45) is 13.0 Å². The molecule has 0 unspecified atom stereocenters. The van der Waals surface area contributed by atoms with E-state index in [-0.39, 0.29) is 24.5 Å². The lowest BCUT2D eigenvalue weighted by atomic mass is 9.80. The van der Waals surface area contributed by atoms with Crippen LogP contribution in [-0.4, -0.2) is 64.7 Å².